The van der Waals surface area contributed by atoms with Crippen molar-refractivity contribution in [3.63, 3.8) is 0 Å². The molecule has 0 unspecified atom stereocenters. The van der Waals surface area contributed by atoms with E-state index in [2.05, 4.69) is 21.8 Å². The van der Waals surface area contributed by atoms with Gasteiger partial charge in [-0.05, 0) is 54.3 Å². The molecule has 4 N–H and O–H groups in total. The molecule has 1 aliphatic rings. The maximum Gasteiger partial charge on any atom is 0.323 e. The number of benzene rings is 2. The van der Waals surface area contributed by atoms with Gasteiger partial charge in [0.05, 0.1) is 21.1 Å². The third kappa shape index (κ3) is 3.85. The third-order valence-corrected chi connectivity index (χ3v) is 6.12. The van der Waals surface area contributed by atoms with Crippen LogP contribution in [0.25, 0.3) is 22.2 Å². The van der Waals surface area contributed by atoms with Crippen LogP contribution in [0.3, 0.4) is 0 Å². The van der Waals surface area contributed by atoms with Crippen LogP contribution in [0.4, 0.5) is 22.0 Å². The molecule has 162 valence electrons. The standard InChI is InChI=1S/C23H20Cl2N6O/c1-31-22-19(21(26)30-31)15(11-18(28-22)13-5-6-13)12-7-9-14(10-8-12)27-23(32)29-20-16(24)3-2-4-17(20)25/h2-4,7-11,13H,5-6H2,1H3,(H2,26,30)(H2,27,29,32). The first-order valence-corrected chi connectivity index (χ1v) is 10.9. The number of para-hydroxylation sites is 1. The van der Waals surface area contributed by atoms with Crippen molar-refractivity contribution in [2.45, 2.75) is 18.8 Å². The van der Waals surface area contributed by atoms with Gasteiger partial charge in [-0.25, -0.2) is 14.5 Å². The summed E-state index contributed by atoms with van der Waals surface area (Å²) in [5.41, 5.74) is 11.0. The van der Waals surface area contributed by atoms with Gasteiger partial charge in [-0.15, -0.1) is 0 Å². The number of hydrogen-bond acceptors (Lipinski definition) is 4. The van der Waals surface area contributed by atoms with Crippen LogP contribution < -0.4 is 16.4 Å². The Morgan fingerprint density at radius 1 is 1.09 bits per heavy atom. The fourth-order valence-corrected chi connectivity index (χ4v) is 4.23. The number of aromatic nitrogens is 3. The highest BCUT2D eigenvalue weighted by Crippen LogP contribution is 2.42. The van der Waals surface area contributed by atoms with Crippen molar-refractivity contribution in [2.75, 3.05) is 16.4 Å². The molecule has 7 nitrogen and oxygen atoms in total. The predicted octanol–water partition coefficient (Wildman–Crippen LogP) is 6.05. The molecule has 1 fully saturated rings. The van der Waals surface area contributed by atoms with Crippen molar-refractivity contribution in [3.8, 4) is 11.1 Å². The van der Waals surface area contributed by atoms with Gasteiger partial charge in [0.1, 0.15) is 0 Å². The largest absolute Gasteiger partial charge is 0.382 e. The summed E-state index contributed by atoms with van der Waals surface area (Å²) < 4.78 is 1.72. The number of nitrogen functional groups attached to an aromatic ring is 1. The molecule has 2 aromatic heterocycles. The maximum absolute atomic E-state index is 12.4. The van der Waals surface area contributed by atoms with E-state index in [9.17, 15) is 4.79 Å². The molecular weight excluding hydrogens is 447 g/mol. The topological polar surface area (TPSA) is 97.9 Å². The molecule has 0 radical (unpaired) electrons. The number of halogens is 2. The van der Waals surface area contributed by atoms with E-state index < -0.39 is 6.03 Å². The number of urea groups is 1. The van der Waals surface area contributed by atoms with Gasteiger partial charge in [-0.3, -0.25) is 0 Å². The summed E-state index contributed by atoms with van der Waals surface area (Å²) in [6, 6.07) is 14.2. The van der Waals surface area contributed by atoms with Crippen LogP contribution in [0.15, 0.2) is 48.5 Å². The van der Waals surface area contributed by atoms with Crippen molar-refractivity contribution in [1.82, 2.24) is 14.8 Å². The second kappa shape index (κ2) is 8.00. The van der Waals surface area contributed by atoms with E-state index in [-0.39, 0.29) is 0 Å². The smallest absolute Gasteiger partial charge is 0.323 e. The van der Waals surface area contributed by atoms with E-state index in [0.29, 0.717) is 33.2 Å². The lowest BCUT2D eigenvalue weighted by Gasteiger charge is -2.12. The summed E-state index contributed by atoms with van der Waals surface area (Å²) in [6.45, 7) is 0. The quantitative estimate of drug-likeness (QED) is 0.341. The fraction of sp³-hybridized carbons (Fsp3) is 0.174. The van der Waals surface area contributed by atoms with Crippen LogP contribution in [-0.4, -0.2) is 20.8 Å². The van der Waals surface area contributed by atoms with Crippen molar-refractivity contribution in [2.24, 2.45) is 7.05 Å². The molecule has 5 rings (SSSR count). The molecule has 9 heteroatoms. The van der Waals surface area contributed by atoms with Gasteiger partial charge < -0.3 is 16.4 Å². The Bertz CT molecular complexity index is 1320. The lowest BCUT2D eigenvalue weighted by atomic mass is 10.0. The van der Waals surface area contributed by atoms with Gasteiger partial charge in [-0.1, -0.05) is 41.4 Å². The number of pyridine rings is 1. The average molecular weight is 467 g/mol. The summed E-state index contributed by atoms with van der Waals surface area (Å²) in [5, 5.41) is 11.4. The molecule has 0 atom stereocenters. The third-order valence-electron chi connectivity index (χ3n) is 5.49. The Morgan fingerprint density at radius 3 is 2.44 bits per heavy atom. The number of carbonyl (C=O) groups excluding carboxylic acids is 1. The molecule has 1 saturated carbocycles. The van der Waals surface area contributed by atoms with Crippen LogP contribution in [0.1, 0.15) is 24.5 Å². The Balaban J connectivity index is 1.42. The molecule has 0 saturated heterocycles. The Hall–Kier alpha value is -3.29. The second-order valence-corrected chi connectivity index (χ2v) is 8.64. The van der Waals surface area contributed by atoms with Crippen molar-refractivity contribution >= 4 is 57.5 Å². The van der Waals surface area contributed by atoms with E-state index in [0.717, 1.165) is 40.7 Å². The monoisotopic (exact) mass is 466 g/mol. The number of carbonyl (C=O) groups is 1. The summed E-state index contributed by atoms with van der Waals surface area (Å²) in [6.07, 6.45) is 2.30. The Kier molecular flexibility index (Phi) is 5.15. The van der Waals surface area contributed by atoms with Crippen molar-refractivity contribution in [3.05, 3.63) is 64.3 Å². The molecule has 1 aliphatic carbocycles. The van der Waals surface area contributed by atoms with Gasteiger partial charge in [0, 0.05) is 24.3 Å². The molecule has 0 bridgehead atoms. The molecular formula is C23H20Cl2N6O. The number of hydrogen-bond donors (Lipinski definition) is 3. The normalized spacial score (nSPS) is 13.3. The summed E-state index contributed by atoms with van der Waals surface area (Å²) in [7, 11) is 1.85. The minimum absolute atomic E-state index is 0.365. The minimum Gasteiger partial charge on any atom is -0.382 e. The van der Waals surface area contributed by atoms with E-state index in [4.69, 9.17) is 33.9 Å². The first kappa shape index (κ1) is 20.6. The highest BCUT2D eigenvalue weighted by molar-refractivity contribution is 6.39. The second-order valence-electron chi connectivity index (χ2n) is 7.83. The fourth-order valence-electron chi connectivity index (χ4n) is 3.74. The zero-order valence-corrected chi connectivity index (χ0v) is 18.7. The number of rotatable bonds is 4. The van der Waals surface area contributed by atoms with E-state index in [1.54, 1.807) is 22.9 Å². The van der Waals surface area contributed by atoms with E-state index in [1.165, 1.54) is 0 Å². The van der Waals surface area contributed by atoms with Crippen LogP contribution in [0, 0.1) is 0 Å². The molecule has 32 heavy (non-hydrogen) atoms. The Morgan fingerprint density at radius 2 is 1.78 bits per heavy atom. The van der Waals surface area contributed by atoms with Gasteiger partial charge in [0.25, 0.3) is 0 Å². The van der Waals surface area contributed by atoms with Gasteiger partial charge in [0.2, 0.25) is 0 Å². The molecule has 2 aromatic carbocycles. The van der Waals surface area contributed by atoms with Crippen molar-refractivity contribution in [1.29, 1.82) is 0 Å². The van der Waals surface area contributed by atoms with Crippen LogP contribution in [0.5, 0.6) is 0 Å². The van der Waals surface area contributed by atoms with Gasteiger partial charge in [0.15, 0.2) is 11.5 Å². The maximum atomic E-state index is 12.4. The number of nitrogens with two attached hydrogens (primary N) is 1. The van der Waals surface area contributed by atoms with Crippen LogP contribution in [-0.2, 0) is 7.05 Å². The van der Waals surface area contributed by atoms with Crippen molar-refractivity contribution < 1.29 is 4.79 Å². The van der Waals surface area contributed by atoms with Gasteiger partial charge in [-0.2, -0.15) is 5.10 Å². The zero-order valence-electron chi connectivity index (χ0n) is 17.2. The lowest BCUT2D eigenvalue weighted by molar-refractivity contribution is 0.262. The van der Waals surface area contributed by atoms with Gasteiger partial charge >= 0.3 is 6.03 Å². The SMILES string of the molecule is Cn1nc(N)c2c(-c3ccc(NC(=O)Nc4c(Cl)cccc4Cl)cc3)cc(C3CC3)nc21. The first-order valence-electron chi connectivity index (χ1n) is 10.2. The summed E-state index contributed by atoms with van der Waals surface area (Å²) >= 11 is 12.2. The number of nitrogens with zero attached hydrogens (tertiary/aromatic N) is 3. The van der Waals surface area contributed by atoms with Crippen LogP contribution in [0.2, 0.25) is 10.0 Å². The number of amides is 2. The van der Waals surface area contributed by atoms with E-state index in [1.807, 2.05) is 31.3 Å². The number of nitrogens with one attached hydrogen (secondary N) is 2. The lowest BCUT2D eigenvalue weighted by Crippen LogP contribution is -2.19. The number of fused-ring (bicyclic) bond motifs is 1. The predicted molar refractivity (Wildman–Crippen MR) is 129 cm³/mol. The minimum atomic E-state index is -0.438. The van der Waals surface area contributed by atoms with E-state index >= 15 is 0 Å². The highest BCUT2D eigenvalue weighted by Gasteiger charge is 2.27. The molecule has 0 spiro atoms. The Labute approximate surface area is 194 Å². The molecule has 2 amide bonds. The highest BCUT2D eigenvalue weighted by atomic mass is 35.5. The summed E-state index contributed by atoms with van der Waals surface area (Å²) in [5.74, 6) is 0.945. The average Bonchev–Trinajstić information content (AvgIpc) is 3.57. The number of aryl methyl sites for hydroxylation is 1. The molecule has 2 heterocycles. The summed E-state index contributed by atoms with van der Waals surface area (Å²) in [4.78, 5) is 17.2. The molecule has 4 aromatic rings. The number of anilines is 3. The van der Waals surface area contributed by atoms with Crippen LogP contribution >= 0.6 is 23.2 Å². The molecule has 0 aliphatic heterocycles. The first-order chi connectivity index (χ1) is 15.4. The zero-order chi connectivity index (χ0) is 22.4.